The second-order valence-corrected chi connectivity index (χ2v) is 6.27. The van der Waals surface area contributed by atoms with Gasteiger partial charge in [-0.2, -0.15) is 0 Å². The Bertz CT molecular complexity index is 401. The van der Waals surface area contributed by atoms with E-state index in [-0.39, 0.29) is 18.2 Å². The number of rotatable bonds is 2. The number of hydrogen-bond donors (Lipinski definition) is 1. The number of piperidine rings is 1. The Morgan fingerprint density at radius 2 is 2.00 bits per heavy atom. The van der Waals surface area contributed by atoms with Crippen LogP contribution in [0.15, 0.2) is 0 Å². The Labute approximate surface area is 126 Å². The largest absolute Gasteiger partial charge is 0.480 e. The van der Waals surface area contributed by atoms with Crippen LogP contribution in [0.4, 0.5) is 4.79 Å². The molecule has 2 fully saturated rings. The van der Waals surface area contributed by atoms with E-state index in [1.807, 2.05) is 13.8 Å². The first-order chi connectivity index (χ1) is 9.93. The van der Waals surface area contributed by atoms with Crippen molar-refractivity contribution in [2.24, 2.45) is 5.92 Å². The number of carboxylic acid groups (broad SMARTS) is 1. The zero-order valence-electron chi connectivity index (χ0n) is 13.1. The molecule has 2 saturated heterocycles. The summed E-state index contributed by atoms with van der Waals surface area (Å²) in [5, 5.41) is 9.45. The number of hydrogen-bond acceptors (Lipinski definition) is 3. The Hall–Kier alpha value is -1.30. The molecule has 120 valence electrons. The van der Waals surface area contributed by atoms with E-state index in [0.717, 1.165) is 12.8 Å². The summed E-state index contributed by atoms with van der Waals surface area (Å²) < 4.78 is 5.54. The van der Waals surface area contributed by atoms with E-state index in [2.05, 4.69) is 6.92 Å². The average Bonchev–Trinajstić information content (AvgIpc) is 2.48. The van der Waals surface area contributed by atoms with Crippen LogP contribution in [-0.4, -0.2) is 64.8 Å². The van der Waals surface area contributed by atoms with Crippen molar-refractivity contribution in [1.29, 1.82) is 0 Å². The summed E-state index contributed by atoms with van der Waals surface area (Å²) in [7, 11) is 0. The molecule has 0 aliphatic carbocycles. The van der Waals surface area contributed by atoms with Gasteiger partial charge in [-0.05, 0) is 32.6 Å². The average molecular weight is 298 g/mol. The third-order valence-electron chi connectivity index (χ3n) is 4.67. The van der Waals surface area contributed by atoms with Crippen molar-refractivity contribution >= 4 is 12.0 Å². The molecule has 2 aliphatic heterocycles. The lowest BCUT2D eigenvalue weighted by molar-refractivity contribution is -0.144. The predicted molar refractivity (Wildman–Crippen MR) is 78.1 cm³/mol. The molecule has 0 spiro atoms. The van der Waals surface area contributed by atoms with Crippen molar-refractivity contribution in [2.75, 3.05) is 19.7 Å². The fourth-order valence-electron chi connectivity index (χ4n) is 3.21. The fourth-order valence-corrected chi connectivity index (χ4v) is 3.21. The summed E-state index contributed by atoms with van der Waals surface area (Å²) >= 11 is 0. The highest BCUT2D eigenvalue weighted by atomic mass is 16.5. The third kappa shape index (κ3) is 3.48. The minimum absolute atomic E-state index is 0.00149. The van der Waals surface area contributed by atoms with Crippen molar-refractivity contribution in [2.45, 2.75) is 58.2 Å². The minimum atomic E-state index is -0.893. The maximum Gasteiger partial charge on any atom is 0.326 e. The molecular weight excluding hydrogens is 272 g/mol. The van der Waals surface area contributed by atoms with Crippen LogP contribution in [-0.2, 0) is 9.53 Å². The number of urea groups is 1. The Balaban J connectivity index is 2.10. The van der Waals surface area contributed by atoms with E-state index in [9.17, 15) is 14.7 Å². The fraction of sp³-hybridized carbons (Fsp3) is 0.867. The summed E-state index contributed by atoms with van der Waals surface area (Å²) in [5.74, 6) is -0.494. The highest BCUT2D eigenvalue weighted by Gasteiger charge is 2.39. The number of amides is 2. The molecule has 2 aliphatic rings. The van der Waals surface area contributed by atoms with Crippen molar-refractivity contribution in [3.8, 4) is 0 Å². The number of morpholine rings is 1. The number of aliphatic carboxylic acids is 1. The molecule has 6 heteroatoms. The first-order valence-electron chi connectivity index (χ1n) is 7.85. The van der Waals surface area contributed by atoms with Gasteiger partial charge in [-0.15, -0.1) is 0 Å². The standard InChI is InChI=1S/C15H26N2O4/c1-4-12-5-6-16(13(7-12)14(18)19)15(20)17-8-11(3)21-9-10(17)2/h10-13H,4-9H2,1-3H3,(H,18,19). The van der Waals surface area contributed by atoms with Gasteiger partial charge in [-0.3, -0.25) is 0 Å². The summed E-state index contributed by atoms with van der Waals surface area (Å²) in [6.45, 7) is 7.53. The Morgan fingerprint density at radius 1 is 1.29 bits per heavy atom. The van der Waals surface area contributed by atoms with Gasteiger partial charge in [0.25, 0.3) is 0 Å². The topological polar surface area (TPSA) is 70.1 Å². The summed E-state index contributed by atoms with van der Waals surface area (Å²) in [6, 6.07) is -0.854. The molecule has 4 unspecified atom stereocenters. The van der Waals surface area contributed by atoms with Crippen LogP contribution in [0, 0.1) is 5.92 Å². The van der Waals surface area contributed by atoms with Crippen LogP contribution in [0.5, 0.6) is 0 Å². The van der Waals surface area contributed by atoms with E-state index in [0.29, 0.717) is 32.0 Å². The number of carbonyl (C=O) groups is 2. The van der Waals surface area contributed by atoms with E-state index in [1.165, 1.54) is 0 Å². The molecule has 0 radical (unpaired) electrons. The summed E-state index contributed by atoms with van der Waals surface area (Å²) in [5.41, 5.74) is 0. The van der Waals surface area contributed by atoms with Gasteiger partial charge in [-0.25, -0.2) is 9.59 Å². The predicted octanol–water partition coefficient (Wildman–Crippen LogP) is 1.79. The lowest BCUT2D eigenvalue weighted by atomic mass is 9.89. The highest BCUT2D eigenvalue weighted by Crippen LogP contribution is 2.27. The number of likely N-dealkylation sites (tertiary alicyclic amines) is 1. The number of ether oxygens (including phenoxy) is 1. The van der Waals surface area contributed by atoms with Gasteiger partial charge in [0, 0.05) is 13.1 Å². The smallest absolute Gasteiger partial charge is 0.326 e. The van der Waals surface area contributed by atoms with E-state index in [1.54, 1.807) is 9.80 Å². The van der Waals surface area contributed by atoms with Gasteiger partial charge in [0.15, 0.2) is 0 Å². The van der Waals surface area contributed by atoms with Gasteiger partial charge >= 0.3 is 12.0 Å². The minimum Gasteiger partial charge on any atom is -0.480 e. The molecule has 2 rings (SSSR count). The van der Waals surface area contributed by atoms with Crippen molar-refractivity contribution in [3.63, 3.8) is 0 Å². The van der Waals surface area contributed by atoms with Crippen LogP contribution >= 0.6 is 0 Å². The molecule has 0 aromatic heterocycles. The van der Waals surface area contributed by atoms with Crippen molar-refractivity contribution in [3.05, 3.63) is 0 Å². The second kappa shape index (κ2) is 6.64. The van der Waals surface area contributed by atoms with Crippen LogP contribution < -0.4 is 0 Å². The zero-order valence-corrected chi connectivity index (χ0v) is 13.1. The molecule has 2 amide bonds. The maximum absolute atomic E-state index is 12.8. The summed E-state index contributed by atoms with van der Waals surface area (Å²) in [6.07, 6.45) is 2.42. The quantitative estimate of drug-likeness (QED) is 0.844. The monoisotopic (exact) mass is 298 g/mol. The van der Waals surface area contributed by atoms with Gasteiger partial charge in [0.05, 0.1) is 18.8 Å². The molecular formula is C15H26N2O4. The van der Waals surface area contributed by atoms with Crippen LogP contribution in [0.25, 0.3) is 0 Å². The molecule has 2 heterocycles. The molecule has 0 bridgehead atoms. The van der Waals surface area contributed by atoms with Crippen LogP contribution in [0.3, 0.4) is 0 Å². The normalized spacial score (nSPS) is 33.9. The van der Waals surface area contributed by atoms with Crippen molar-refractivity contribution < 1.29 is 19.4 Å². The lowest BCUT2D eigenvalue weighted by Gasteiger charge is -2.43. The second-order valence-electron chi connectivity index (χ2n) is 6.27. The van der Waals surface area contributed by atoms with Gasteiger partial charge in [-0.1, -0.05) is 13.3 Å². The maximum atomic E-state index is 12.8. The molecule has 0 aromatic carbocycles. The Kier molecular flexibility index (Phi) is 5.08. The van der Waals surface area contributed by atoms with E-state index < -0.39 is 12.0 Å². The SMILES string of the molecule is CCC1CCN(C(=O)N2CC(C)OCC2C)C(C(=O)O)C1. The Morgan fingerprint density at radius 3 is 2.62 bits per heavy atom. The third-order valence-corrected chi connectivity index (χ3v) is 4.67. The van der Waals surface area contributed by atoms with E-state index in [4.69, 9.17) is 4.74 Å². The zero-order chi connectivity index (χ0) is 15.6. The first kappa shape index (κ1) is 16.1. The number of nitrogens with zero attached hydrogens (tertiary/aromatic N) is 2. The molecule has 21 heavy (non-hydrogen) atoms. The van der Waals surface area contributed by atoms with Crippen LogP contribution in [0.2, 0.25) is 0 Å². The van der Waals surface area contributed by atoms with Crippen molar-refractivity contribution in [1.82, 2.24) is 9.80 Å². The number of carboxylic acids is 1. The molecule has 0 aromatic rings. The van der Waals surface area contributed by atoms with Crippen LogP contribution in [0.1, 0.15) is 40.0 Å². The van der Waals surface area contributed by atoms with Gasteiger partial charge < -0.3 is 19.6 Å². The highest BCUT2D eigenvalue weighted by molar-refractivity contribution is 5.83. The molecule has 4 atom stereocenters. The van der Waals surface area contributed by atoms with E-state index >= 15 is 0 Å². The molecule has 0 saturated carbocycles. The lowest BCUT2D eigenvalue weighted by Crippen LogP contribution is -2.59. The van der Waals surface area contributed by atoms with Gasteiger partial charge in [0.1, 0.15) is 6.04 Å². The first-order valence-corrected chi connectivity index (χ1v) is 7.85. The molecule has 6 nitrogen and oxygen atoms in total. The molecule has 1 N–H and O–H groups in total. The van der Waals surface area contributed by atoms with Gasteiger partial charge in [0.2, 0.25) is 0 Å². The number of carbonyl (C=O) groups excluding carboxylic acids is 1. The summed E-state index contributed by atoms with van der Waals surface area (Å²) in [4.78, 5) is 27.6.